The Morgan fingerprint density at radius 1 is 1.13 bits per heavy atom. The highest BCUT2D eigenvalue weighted by atomic mass is 35.5. The molecule has 7 heteroatoms. The van der Waals surface area contributed by atoms with Crippen LogP contribution >= 0.6 is 12.4 Å². The van der Waals surface area contributed by atoms with Crippen LogP contribution in [-0.2, 0) is 16.0 Å². The number of likely N-dealkylation sites (tertiary alicyclic amines) is 1. The number of benzene rings is 1. The quantitative estimate of drug-likeness (QED) is 0.637. The molecule has 1 aromatic carbocycles. The highest BCUT2D eigenvalue weighted by molar-refractivity contribution is 5.98. The van der Waals surface area contributed by atoms with Crippen molar-refractivity contribution in [2.24, 2.45) is 0 Å². The van der Waals surface area contributed by atoms with Crippen molar-refractivity contribution in [3.8, 4) is 0 Å². The second kappa shape index (κ2) is 12.1. The van der Waals surface area contributed by atoms with E-state index in [0.717, 1.165) is 45.2 Å². The molecule has 166 valence electrons. The largest absolute Gasteiger partial charge is 0.341 e. The Balaban J connectivity index is 0.00000320. The zero-order valence-electron chi connectivity index (χ0n) is 17.9. The Labute approximate surface area is 185 Å². The summed E-state index contributed by atoms with van der Waals surface area (Å²) in [5.41, 5.74) is 1.93. The van der Waals surface area contributed by atoms with Crippen molar-refractivity contribution in [2.75, 3.05) is 32.7 Å². The summed E-state index contributed by atoms with van der Waals surface area (Å²) in [6, 6.07) is 7.90. The number of piperidine rings is 1. The molecule has 1 atom stereocenters. The molecular formula is C23H34ClN3O3. The third kappa shape index (κ3) is 6.54. The van der Waals surface area contributed by atoms with Gasteiger partial charge in [-0.25, -0.2) is 0 Å². The predicted octanol–water partition coefficient (Wildman–Crippen LogP) is 2.84. The van der Waals surface area contributed by atoms with Gasteiger partial charge in [0.25, 0.3) is 0 Å². The molecule has 3 rings (SSSR count). The molecule has 1 aromatic rings. The molecule has 0 saturated carbocycles. The molecule has 2 aliphatic heterocycles. The Morgan fingerprint density at radius 3 is 2.60 bits per heavy atom. The summed E-state index contributed by atoms with van der Waals surface area (Å²) < 4.78 is 0. The Morgan fingerprint density at radius 2 is 1.90 bits per heavy atom. The van der Waals surface area contributed by atoms with E-state index in [1.807, 2.05) is 34.1 Å². The van der Waals surface area contributed by atoms with Gasteiger partial charge >= 0.3 is 0 Å². The normalized spacial score (nSPS) is 19.4. The molecule has 2 heterocycles. The number of carbonyl (C=O) groups is 3. The van der Waals surface area contributed by atoms with Gasteiger partial charge in [0.1, 0.15) is 0 Å². The van der Waals surface area contributed by atoms with Crippen molar-refractivity contribution in [1.29, 1.82) is 0 Å². The molecule has 2 saturated heterocycles. The molecule has 0 aromatic heterocycles. The van der Waals surface area contributed by atoms with Gasteiger partial charge in [-0.2, -0.15) is 0 Å². The average Bonchev–Trinajstić information content (AvgIpc) is 2.76. The van der Waals surface area contributed by atoms with Gasteiger partial charge < -0.3 is 15.1 Å². The predicted molar refractivity (Wildman–Crippen MR) is 120 cm³/mol. The van der Waals surface area contributed by atoms with Crippen molar-refractivity contribution >= 4 is 30.0 Å². The lowest BCUT2D eigenvalue weighted by atomic mass is 10.0. The first-order valence-electron chi connectivity index (χ1n) is 11.0. The fraction of sp³-hybridized carbons (Fsp3) is 0.609. The van der Waals surface area contributed by atoms with Crippen molar-refractivity contribution < 1.29 is 14.4 Å². The number of aryl methyl sites for hydroxylation is 1. The van der Waals surface area contributed by atoms with Gasteiger partial charge in [-0.3, -0.25) is 14.4 Å². The summed E-state index contributed by atoms with van der Waals surface area (Å²) in [5, 5.41) is 3.09. The number of halogens is 1. The highest BCUT2D eigenvalue weighted by Crippen LogP contribution is 2.19. The smallest absolute Gasteiger partial charge is 0.236 e. The lowest BCUT2D eigenvalue weighted by Crippen LogP contribution is -2.57. The fourth-order valence-electron chi connectivity index (χ4n) is 4.20. The number of unbranched alkanes of at least 4 members (excludes halogenated alkanes) is 1. The van der Waals surface area contributed by atoms with E-state index in [0.29, 0.717) is 25.2 Å². The van der Waals surface area contributed by atoms with Crippen molar-refractivity contribution in [3.05, 3.63) is 35.4 Å². The van der Waals surface area contributed by atoms with Gasteiger partial charge in [-0.15, -0.1) is 12.4 Å². The SMILES string of the molecule is CCCCc1ccc(C(=O)CCC(=O)N2CCCC(N3CCNCC3=O)C2)cc1.Cl. The summed E-state index contributed by atoms with van der Waals surface area (Å²) in [6.07, 6.45) is 5.66. The van der Waals surface area contributed by atoms with Gasteiger partial charge in [0, 0.05) is 50.6 Å². The molecule has 0 aliphatic carbocycles. The minimum Gasteiger partial charge on any atom is -0.341 e. The number of amides is 2. The van der Waals surface area contributed by atoms with E-state index in [1.165, 1.54) is 5.56 Å². The van der Waals surface area contributed by atoms with E-state index in [4.69, 9.17) is 0 Å². The van der Waals surface area contributed by atoms with Crippen molar-refractivity contribution in [3.63, 3.8) is 0 Å². The van der Waals surface area contributed by atoms with Crippen molar-refractivity contribution in [1.82, 2.24) is 15.1 Å². The van der Waals surface area contributed by atoms with Crippen LogP contribution in [0.5, 0.6) is 0 Å². The third-order valence-electron chi connectivity index (χ3n) is 5.98. The first-order chi connectivity index (χ1) is 14.1. The fourth-order valence-corrected chi connectivity index (χ4v) is 4.20. The topological polar surface area (TPSA) is 69.7 Å². The molecule has 6 nitrogen and oxygen atoms in total. The van der Waals surface area contributed by atoms with Gasteiger partial charge in [-0.1, -0.05) is 37.6 Å². The Hall–Kier alpha value is -1.92. The number of hydrogen-bond donors (Lipinski definition) is 1. The number of Topliss-reactive ketones (excluding diaryl/α,β-unsaturated/α-hetero) is 1. The average molecular weight is 436 g/mol. The van der Waals surface area contributed by atoms with Crippen LogP contribution in [0.4, 0.5) is 0 Å². The van der Waals surface area contributed by atoms with E-state index >= 15 is 0 Å². The second-order valence-electron chi connectivity index (χ2n) is 8.12. The van der Waals surface area contributed by atoms with Gasteiger partial charge in [0.2, 0.25) is 11.8 Å². The summed E-state index contributed by atoms with van der Waals surface area (Å²) in [7, 11) is 0. The summed E-state index contributed by atoms with van der Waals surface area (Å²) in [4.78, 5) is 41.1. The molecule has 2 aliphatic rings. The van der Waals surface area contributed by atoms with E-state index < -0.39 is 0 Å². The van der Waals surface area contributed by atoms with Crippen LogP contribution < -0.4 is 5.32 Å². The molecule has 0 spiro atoms. The van der Waals surface area contributed by atoms with E-state index in [-0.39, 0.29) is 48.9 Å². The molecule has 0 bridgehead atoms. The van der Waals surface area contributed by atoms with Crippen LogP contribution in [0.25, 0.3) is 0 Å². The molecule has 2 amide bonds. The first-order valence-corrected chi connectivity index (χ1v) is 11.0. The minimum atomic E-state index is 0. The van der Waals surface area contributed by atoms with Gasteiger partial charge in [0.15, 0.2) is 5.78 Å². The molecule has 1 N–H and O–H groups in total. The number of hydrogen-bond acceptors (Lipinski definition) is 4. The molecule has 0 radical (unpaired) electrons. The number of carbonyl (C=O) groups excluding carboxylic acids is 3. The van der Waals surface area contributed by atoms with Crippen LogP contribution in [-0.4, -0.2) is 66.2 Å². The second-order valence-corrected chi connectivity index (χ2v) is 8.12. The minimum absolute atomic E-state index is 0. The molecule has 30 heavy (non-hydrogen) atoms. The van der Waals surface area contributed by atoms with Crippen LogP contribution in [0.3, 0.4) is 0 Å². The van der Waals surface area contributed by atoms with Gasteiger partial charge in [0.05, 0.1) is 6.54 Å². The molecule has 1 unspecified atom stereocenters. The van der Waals surface area contributed by atoms with E-state index in [9.17, 15) is 14.4 Å². The zero-order valence-corrected chi connectivity index (χ0v) is 18.7. The number of rotatable bonds is 8. The monoisotopic (exact) mass is 435 g/mol. The molecule has 2 fully saturated rings. The number of nitrogens with one attached hydrogen (secondary N) is 1. The Kier molecular flexibility index (Phi) is 9.79. The van der Waals surface area contributed by atoms with Gasteiger partial charge in [-0.05, 0) is 31.2 Å². The van der Waals surface area contributed by atoms with E-state index in [1.54, 1.807) is 0 Å². The van der Waals surface area contributed by atoms with Crippen LogP contribution in [0, 0.1) is 0 Å². The summed E-state index contributed by atoms with van der Waals surface area (Å²) >= 11 is 0. The Bertz CT molecular complexity index is 723. The number of piperazine rings is 1. The molecular weight excluding hydrogens is 402 g/mol. The zero-order chi connectivity index (χ0) is 20.6. The summed E-state index contributed by atoms with van der Waals surface area (Å²) in [5.74, 6) is 0.157. The summed E-state index contributed by atoms with van der Waals surface area (Å²) in [6.45, 7) is 5.37. The standard InChI is InChI=1S/C23H33N3O3.ClH/c1-2-3-5-18-7-9-19(10-8-18)21(27)11-12-22(28)25-14-4-6-20(17-25)26-15-13-24-16-23(26)29;/h7-10,20,24H,2-6,11-17H2,1H3;1H. The van der Waals surface area contributed by atoms with Crippen LogP contribution in [0.2, 0.25) is 0 Å². The van der Waals surface area contributed by atoms with E-state index in [2.05, 4.69) is 12.2 Å². The highest BCUT2D eigenvalue weighted by Gasteiger charge is 2.31. The first kappa shape index (κ1) is 24.4. The maximum absolute atomic E-state index is 12.7. The number of nitrogens with zero attached hydrogens (tertiary/aromatic N) is 2. The lowest BCUT2D eigenvalue weighted by molar-refractivity contribution is -0.140. The van der Waals surface area contributed by atoms with Crippen LogP contribution in [0.15, 0.2) is 24.3 Å². The maximum atomic E-state index is 12.7. The number of ketones is 1. The lowest BCUT2D eigenvalue weighted by Gasteiger charge is -2.41. The maximum Gasteiger partial charge on any atom is 0.236 e. The van der Waals surface area contributed by atoms with Crippen molar-refractivity contribution in [2.45, 2.75) is 57.9 Å². The third-order valence-corrected chi connectivity index (χ3v) is 5.98. The van der Waals surface area contributed by atoms with Crippen LogP contribution in [0.1, 0.15) is 61.4 Å².